The van der Waals surface area contributed by atoms with E-state index in [1.807, 2.05) is 77.7 Å². The number of amides is 1. The summed E-state index contributed by atoms with van der Waals surface area (Å²) in [5, 5.41) is 0. The number of rotatable bonds is 5. The van der Waals surface area contributed by atoms with Crippen LogP contribution in [0.3, 0.4) is 0 Å². The number of ether oxygens (including phenoxy) is 3. The summed E-state index contributed by atoms with van der Waals surface area (Å²) in [5.41, 5.74) is 3.14. The standard InChI is InChI=1S/C26H25NO4/c28-26(18-31-23-11-5-4-9-21(23)19-7-2-1-3-8-19)27-14-6-10-22(27)20-12-13-24-25(17-20)30-16-15-29-24/h1-5,7-9,11-13,17,22H,6,10,14-16,18H2. The second-order valence-corrected chi connectivity index (χ2v) is 7.80. The molecule has 3 aromatic carbocycles. The predicted octanol–water partition coefficient (Wildman–Crippen LogP) is 4.87. The third kappa shape index (κ3) is 4.08. The molecule has 5 nitrogen and oxygen atoms in total. The van der Waals surface area contributed by atoms with Crippen molar-refractivity contribution in [1.82, 2.24) is 4.90 Å². The van der Waals surface area contributed by atoms with Gasteiger partial charge in [0.05, 0.1) is 6.04 Å². The van der Waals surface area contributed by atoms with Crippen molar-refractivity contribution < 1.29 is 19.0 Å². The van der Waals surface area contributed by atoms with Crippen LogP contribution in [-0.4, -0.2) is 37.2 Å². The molecule has 31 heavy (non-hydrogen) atoms. The molecule has 5 heteroatoms. The maximum absolute atomic E-state index is 13.1. The van der Waals surface area contributed by atoms with Gasteiger partial charge in [-0.2, -0.15) is 0 Å². The van der Waals surface area contributed by atoms with E-state index in [-0.39, 0.29) is 18.6 Å². The molecule has 158 valence electrons. The highest BCUT2D eigenvalue weighted by molar-refractivity contribution is 5.79. The number of carbonyl (C=O) groups excluding carboxylic acids is 1. The molecule has 1 amide bonds. The minimum Gasteiger partial charge on any atom is -0.486 e. The number of fused-ring (bicyclic) bond motifs is 1. The Morgan fingerprint density at radius 1 is 0.935 bits per heavy atom. The number of hydrogen-bond acceptors (Lipinski definition) is 4. The van der Waals surface area contributed by atoms with Crippen molar-refractivity contribution in [3.63, 3.8) is 0 Å². The van der Waals surface area contributed by atoms with Crippen molar-refractivity contribution in [3.05, 3.63) is 78.4 Å². The molecule has 1 fully saturated rings. The normalized spacial score (nSPS) is 17.4. The average Bonchev–Trinajstić information content (AvgIpc) is 3.33. The Hall–Kier alpha value is -3.47. The molecule has 2 aliphatic heterocycles. The van der Waals surface area contributed by atoms with Crippen LogP contribution >= 0.6 is 0 Å². The summed E-state index contributed by atoms with van der Waals surface area (Å²) in [7, 11) is 0. The lowest BCUT2D eigenvalue weighted by Gasteiger charge is -2.27. The number of hydrogen-bond donors (Lipinski definition) is 0. The first-order chi connectivity index (χ1) is 15.3. The monoisotopic (exact) mass is 415 g/mol. The summed E-state index contributed by atoms with van der Waals surface area (Å²) in [4.78, 5) is 15.0. The largest absolute Gasteiger partial charge is 0.486 e. The molecule has 0 N–H and O–H groups in total. The molecule has 1 unspecified atom stereocenters. The van der Waals surface area contributed by atoms with Crippen LogP contribution in [0, 0.1) is 0 Å². The van der Waals surface area contributed by atoms with E-state index >= 15 is 0 Å². The van der Waals surface area contributed by atoms with Crippen molar-refractivity contribution in [2.75, 3.05) is 26.4 Å². The highest BCUT2D eigenvalue weighted by Gasteiger charge is 2.31. The predicted molar refractivity (Wildman–Crippen MR) is 118 cm³/mol. The van der Waals surface area contributed by atoms with E-state index in [9.17, 15) is 4.79 Å². The zero-order chi connectivity index (χ0) is 21.0. The Kier molecular flexibility index (Phi) is 5.48. The topological polar surface area (TPSA) is 48.0 Å². The van der Waals surface area contributed by atoms with E-state index in [0.717, 1.165) is 53.3 Å². The van der Waals surface area contributed by atoms with Crippen LogP contribution in [0.5, 0.6) is 17.2 Å². The summed E-state index contributed by atoms with van der Waals surface area (Å²) in [6, 6.07) is 23.9. The van der Waals surface area contributed by atoms with Crippen molar-refractivity contribution >= 4 is 5.91 Å². The van der Waals surface area contributed by atoms with E-state index in [4.69, 9.17) is 14.2 Å². The van der Waals surface area contributed by atoms with Gasteiger partial charge in [0.1, 0.15) is 19.0 Å². The lowest BCUT2D eigenvalue weighted by molar-refractivity contribution is -0.134. The van der Waals surface area contributed by atoms with Gasteiger partial charge in [0.2, 0.25) is 0 Å². The summed E-state index contributed by atoms with van der Waals surface area (Å²) in [5.74, 6) is 2.25. The number of carbonyl (C=O) groups is 1. The van der Waals surface area contributed by atoms with Gasteiger partial charge in [-0.05, 0) is 42.2 Å². The molecule has 3 aromatic rings. The van der Waals surface area contributed by atoms with Crippen molar-refractivity contribution in [2.24, 2.45) is 0 Å². The Labute approximate surface area is 182 Å². The third-order valence-corrected chi connectivity index (χ3v) is 5.85. The highest BCUT2D eigenvalue weighted by atomic mass is 16.6. The van der Waals surface area contributed by atoms with Crippen molar-refractivity contribution in [2.45, 2.75) is 18.9 Å². The maximum Gasteiger partial charge on any atom is 0.261 e. The van der Waals surface area contributed by atoms with Gasteiger partial charge in [-0.15, -0.1) is 0 Å². The summed E-state index contributed by atoms with van der Waals surface area (Å²) < 4.78 is 17.4. The Balaban J connectivity index is 1.30. The minimum atomic E-state index is 0.000235. The summed E-state index contributed by atoms with van der Waals surface area (Å²) >= 11 is 0. The van der Waals surface area contributed by atoms with Crippen LogP contribution in [0.2, 0.25) is 0 Å². The molecule has 0 saturated carbocycles. The Bertz CT molecular complexity index is 1070. The van der Waals surface area contributed by atoms with E-state index in [1.54, 1.807) is 0 Å². The molecular formula is C26H25NO4. The fourth-order valence-corrected chi connectivity index (χ4v) is 4.35. The van der Waals surface area contributed by atoms with E-state index in [1.165, 1.54) is 0 Å². The summed E-state index contributed by atoms with van der Waals surface area (Å²) in [6.45, 7) is 1.88. The number of nitrogens with zero attached hydrogens (tertiary/aromatic N) is 1. The zero-order valence-electron chi connectivity index (χ0n) is 17.3. The SMILES string of the molecule is O=C(COc1ccccc1-c1ccccc1)N1CCCC1c1ccc2c(c1)OCCO2. The second-order valence-electron chi connectivity index (χ2n) is 7.80. The lowest BCUT2D eigenvalue weighted by atomic mass is 10.0. The van der Waals surface area contributed by atoms with Crippen molar-refractivity contribution in [1.29, 1.82) is 0 Å². The van der Waals surface area contributed by atoms with Gasteiger partial charge in [0, 0.05) is 12.1 Å². The first kappa shape index (κ1) is 19.5. The Morgan fingerprint density at radius 3 is 2.58 bits per heavy atom. The average molecular weight is 415 g/mol. The van der Waals surface area contributed by atoms with E-state index < -0.39 is 0 Å². The quantitative estimate of drug-likeness (QED) is 0.597. The van der Waals surface area contributed by atoms with Gasteiger partial charge in [-0.1, -0.05) is 54.6 Å². The fourth-order valence-electron chi connectivity index (χ4n) is 4.35. The highest BCUT2D eigenvalue weighted by Crippen LogP contribution is 2.38. The molecule has 0 spiro atoms. The number of likely N-dealkylation sites (tertiary alicyclic amines) is 1. The van der Waals surface area contributed by atoms with Gasteiger partial charge >= 0.3 is 0 Å². The minimum absolute atomic E-state index is 0.000235. The lowest BCUT2D eigenvalue weighted by Crippen LogP contribution is -2.34. The smallest absolute Gasteiger partial charge is 0.261 e. The van der Waals surface area contributed by atoms with Crippen LogP contribution in [0.15, 0.2) is 72.8 Å². The first-order valence-electron chi connectivity index (χ1n) is 10.8. The Morgan fingerprint density at radius 2 is 1.71 bits per heavy atom. The zero-order valence-corrected chi connectivity index (χ0v) is 17.3. The van der Waals surface area contributed by atoms with Gasteiger partial charge in [-0.25, -0.2) is 0 Å². The molecule has 1 saturated heterocycles. The van der Waals surface area contributed by atoms with Crippen LogP contribution in [0.25, 0.3) is 11.1 Å². The number of benzene rings is 3. The van der Waals surface area contributed by atoms with Gasteiger partial charge in [0.15, 0.2) is 18.1 Å². The number of para-hydroxylation sites is 1. The van der Waals surface area contributed by atoms with Crippen LogP contribution in [-0.2, 0) is 4.79 Å². The van der Waals surface area contributed by atoms with Gasteiger partial charge < -0.3 is 19.1 Å². The van der Waals surface area contributed by atoms with Crippen LogP contribution in [0.1, 0.15) is 24.4 Å². The molecular weight excluding hydrogens is 390 g/mol. The van der Waals surface area contributed by atoms with Gasteiger partial charge in [0.25, 0.3) is 5.91 Å². The van der Waals surface area contributed by atoms with Crippen LogP contribution < -0.4 is 14.2 Å². The maximum atomic E-state index is 13.1. The third-order valence-electron chi connectivity index (χ3n) is 5.85. The molecule has 5 rings (SSSR count). The van der Waals surface area contributed by atoms with E-state index in [2.05, 4.69) is 0 Å². The first-order valence-corrected chi connectivity index (χ1v) is 10.8. The molecule has 2 aliphatic rings. The van der Waals surface area contributed by atoms with Gasteiger partial charge in [-0.3, -0.25) is 4.79 Å². The van der Waals surface area contributed by atoms with Crippen LogP contribution in [0.4, 0.5) is 0 Å². The van der Waals surface area contributed by atoms with E-state index in [0.29, 0.717) is 13.2 Å². The van der Waals surface area contributed by atoms with Crippen molar-refractivity contribution in [3.8, 4) is 28.4 Å². The second kappa shape index (κ2) is 8.72. The fraction of sp³-hybridized carbons (Fsp3) is 0.269. The molecule has 0 bridgehead atoms. The molecule has 1 atom stereocenters. The molecule has 0 radical (unpaired) electrons. The molecule has 2 heterocycles. The summed E-state index contributed by atoms with van der Waals surface area (Å²) in [6.07, 6.45) is 1.91. The molecule has 0 aromatic heterocycles. The molecule has 0 aliphatic carbocycles.